The van der Waals surface area contributed by atoms with E-state index in [0.29, 0.717) is 156 Å². The van der Waals surface area contributed by atoms with Crippen molar-refractivity contribution < 1.29 is 75.8 Å². The Labute approximate surface area is 752 Å². The summed E-state index contributed by atoms with van der Waals surface area (Å²) in [5.41, 5.74) is 14.1. The van der Waals surface area contributed by atoms with Crippen molar-refractivity contribution in [1.82, 2.24) is 0 Å². The Hall–Kier alpha value is -15.6. The average molecular weight is 1710 g/mol. The van der Waals surface area contributed by atoms with Gasteiger partial charge in [0.25, 0.3) is 0 Å². The van der Waals surface area contributed by atoms with Gasteiger partial charge in [0.2, 0.25) is 0 Å². The molecule has 0 amide bonds. The molecule has 0 fully saturated rings. The number of hydrogen-bond acceptors (Lipinski definition) is 16. The Kier molecular flexibility index (Phi) is 29.1. The second kappa shape index (κ2) is 43.9. The van der Waals surface area contributed by atoms with Crippen molar-refractivity contribution >= 4 is 5.97 Å². The number of hydrogen-bond donors (Lipinski definition) is 0. The molecule has 0 spiro atoms. The van der Waals surface area contributed by atoms with Gasteiger partial charge in [-0.05, 0) is 181 Å². The smallest absolute Gasteiger partial charge is 0.334 e. The van der Waals surface area contributed by atoms with Crippen LogP contribution in [0.1, 0.15) is 89.9 Å². The molecule has 0 aromatic heterocycles. The van der Waals surface area contributed by atoms with Crippen molar-refractivity contribution in [3.63, 3.8) is 0 Å². The Morgan fingerprint density at radius 3 is 0.488 bits per heavy atom. The molecule has 0 saturated heterocycles. The van der Waals surface area contributed by atoms with Crippen LogP contribution in [-0.2, 0) is 109 Å². The molecule has 2 unspecified atom stereocenters. The molecule has 0 aliphatic heterocycles. The van der Waals surface area contributed by atoms with Crippen LogP contribution in [0.2, 0.25) is 0 Å². The van der Waals surface area contributed by atoms with Gasteiger partial charge in [-0.3, -0.25) is 0 Å². The Bertz CT molecular complexity index is 5290. The molecule has 2 bridgehead atoms. The Balaban J connectivity index is 0.672. The summed E-state index contributed by atoms with van der Waals surface area (Å²) in [5.74, 6) is 7.71. The molecule has 15 aromatic carbocycles. The molecule has 17 rings (SSSR count). The van der Waals surface area contributed by atoms with E-state index in [1.54, 1.807) is 0 Å². The molecular weight excluding hydrogens is 1610 g/mol. The van der Waals surface area contributed by atoms with Gasteiger partial charge < -0.3 is 71.1 Å². The highest BCUT2D eigenvalue weighted by Gasteiger charge is 2.33. The van der Waals surface area contributed by atoms with Crippen LogP contribution in [-0.4, -0.2) is 5.97 Å². The first kappa shape index (κ1) is 85.6. The summed E-state index contributed by atoms with van der Waals surface area (Å²) < 4.78 is 98.9. The summed E-state index contributed by atoms with van der Waals surface area (Å²) in [4.78, 5) is 14.0. The molecule has 16 heteroatoms. The first-order chi connectivity index (χ1) is 63.6. The highest BCUT2D eigenvalue weighted by atomic mass is 16.5. The van der Waals surface area contributed by atoms with Crippen LogP contribution >= 0.6 is 0 Å². The minimum atomic E-state index is -0.371. The highest BCUT2D eigenvalue weighted by Crippen LogP contribution is 2.40. The third kappa shape index (κ3) is 26.3. The summed E-state index contributed by atoms with van der Waals surface area (Å²) in [6.07, 6.45) is 7.11. The van der Waals surface area contributed by atoms with Gasteiger partial charge in [-0.2, -0.15) is 0 Å². The fraction of sp³-hybridized carbons (Fsp3) is 0.159. The first-order valence-corrected chi connectivity index (χ1v) is 43.3. The number of rotatable bonds is 45. The topological polar surface area (TPSA) is 156 Å². The maximum atomic E-state index is 14.0. The van der Waals surface area contributed by atoms with Crippen LogP contribution in [0, 0.1) is 11.8 Å². The van der Waals surface area contributed by atoms with Gasteiger partial charge in [-0.15, -0.1) is 0 Å². The molecule has 0 radical (unpaired) electrons. The fourth-order valence-electron chi connectivity index (χ4n) is 15.0. The molecule has 2 aliphatic rings. The summed E-state index contributed by atoms with van der Waals surface area (Å²) in [7, 11) is 0. The standard InChI is InChI=1S/C113H98O16/c114-113(112-58-89-41-42-97(112)43-89)129-80-96-56-110(127-78-94-52-106(123-74-90-44-98(115-66-81-25-9-1-10-26-81)59-99(45-90)116-67-82-27-11-2-12-28-82)63-107(53-94)124-75-91-46-100(117-68-83-29-13-3-14-30-83)60-101(47-91)118-69-84-31-15-4-16-32-84)65-111(57-96)128-79-95-54-108(125-76-92-48-102(119-70-85-33-17-5-18-34-85)61-103(49-92)120-71-86-35-19-6-20-36-86)64-109(55-95)126-77-93-50-104(121-72-87-37-21-7-22-38-87)62-105(51-93)122-73-88-39-23-8-24-40-88/h1-42,44-65,89,97H,43,66-80H2. The van der Waals surface area contributed by atoms with Crippen molar-refractivity contribution in [2.24, 2.45) is 11.8 Å². The zero-order valence-corrected chi connectivity index (χ0v) is 71.5. The van der Waals surface area contributed by atoms with E-state index in [0.717, 1.165) is 73.2 Å². The molecule has 0 N–H and O–H groups in total. The molecule has 646 valence electrons. The van der Waals surface area contributed by atoms with Gasteiger partial charge in [0.05, 0.1) is 0 Å². The molecule has 2 atom stereocenters. The number of benzene rings is 15. The molecule has 0 heterocycles. The summed E-state index contributed by atoms with van der Waals surface area (Å²) in [5, 5.41) is 0. The van der Waals surface area contributed by atoms with Crippen molar-refractivity contribution in [3.05, 3.63) is 477 Å². The molecule has 2 aliphatic carbocycles. The number of fused-ring (bicyclic) bond motifs is 2. The van der Waals surface area contributed by atoms with E-state index >= 15 is 0 Å². The second-order valence-corrected chi connectivity index (χ2v) is 31.7. The highest BCUT2D eigenvalue weighted by molar-refractivity contribution is 5.90. The first-order valence-electron chi connectivity index (χ1n) is 43.3. The van der Waals surface area contributed by atoms with E-state index in [4.69, 9.17) is 71.1 Å². The van der Waals surface area contributed by atoms with E-state index in [1.165, 1.54) is 0 Å². The van der Waals surface area contributed by atoms with Gasteiger partial charge in [0, 0.05) is 54.0 Å². The molecule has 129 heavy (non-hydrogen) atoms. The number of ether oxygens (including phenoxy) is 15. The summed E-state index contributed by atoms with van der Waals surface area (Å²) in [6, 6.07) is 121. The Morgan fingerprint density at radius 1 is 0.186 bits per heavy atom. The van der Waals surface area contributed by atoms with Crippen LogP contribution in [0.15, 0.2) is 394 Å². The second-order valence-electron chi connectivity index (χ2n) is 31.7. The van der Waals surface area contributed by atoms with E-state index < -0.39 is 0 Å². The van der Waals surface area contributed by atoms with Crippen molar-refractivity contribution in [2.75, 3.05) is 0 Å². The van der Waals surface area contributed by atoms with Crippen LogP contribution < -0.4 is 66.3 Å². The monoisotopic (exact) mass is 1710 g/mol. The maximum absolute atomic E-state index is 14.0. The lowest BCUT2D eigenvalue weighted by atomic mass is 10.0. The normalized spacial score (nSPS) is 12.8. The third-order valence-electron chi connectivity index (χ3n) is 21.5. The van der Waals surface area contributed by atoms with Crippen molar-refractivity contribution in [2.45, 2.75) is 106 Å². The number of carbonyl (C=O) groups is 1. The zero-order valence-electron chi connectivity index (χ0n) is 71.5. The average Bonchev–Trinajstić information content (AvgIpc) is 1.68. The minimum absolute atomic E-state index is 0.0142. The zero-order chi connectivity index (χ0) is 87.2. The minimum Gasteiger partial charge on any atom is -0.489 e. The molecule has 16 nitrogen and oxygen atoms in total. The lowest BCUT2D eigenvalue weighted by Crippen LogP contribution is -2.12. The number of carbonyl (C=O) groups excluding carboxylic acids is 1. The van der Waals surface area contributed by atoms with Crippen LogP contribution in [0.25, 0.3) is 0 Å². The predicted octanol–water partition coefficient (Wildman–Crippen LogP) is 25.0. The quantitative estimate of drug-likeness (QED) is 0.0262. The van der Waals surface area contributed by atoms with Gasteiger partial charge in [-0.1, -0.05) is 261 Å². The van der Waals surface area contributed by atoms with E-state index in [2.05, 4.69) is 12.2 Å². The number of allylic oxidation sites excluding steroid dienone is 3. The SMILES string of the molecule is O=C(OCc1cc(OCc2cc(OCc3cc(OCc4ccccc4)cc(OCc4ccccc4)c3)cc(OCc3cc(OCc4ccccc4)cc(OCc4ccccc4)c3)c2)cc(OCc2cc(OCc3cc(OCc4ccccc4)cc(OCc4ccccc4)c3)cc(OCc3cc(OCc4ccccc4)cc(OCc4ccccc4)c3)c2)c1)C1=CC2C=CC1C2. The largest absolute Gasteiger partial charge is 0.489 e. The predicted molar refractivity (Wildman–Crippen MR) is 496 cm³/mol. The maximum Gasteiger partial charge on any atom is 0.334 e. The molecule has 0 saturated carbocycles. The Morgan fingerprint density at radius 2 is 0.341 bits per heavy atom. The van der Waals surface area contributed by atoms with Crippen LogP contribution in [0.4, 0.5) is 0 Å². The van der Waals surface area contributed by atoms with Crippen molar-refractivity contribution in [1.29, 1.82) is 0 Å². The third-order valence-corrected chi connectivity index (χ3v) is 21.5. The lowest BCUT2D eigenvalue weighted by molar-refractivity contribution is -0.140. The van der Waals surface area contributed by atoms with Crippen molar-refractivity contribution in [3.8, 4) is 80.5 Å². The van der Waals surface area contributed by atoms with E-state index in [-0.39, 0.29) is 64.1 Å². The van der Waals surface area contributed by atoms with Crippen LogP contribution in [0.3, 0.4) is 0 Å². The van der Waals surface area contributed by atoms with Gasteiger partial charge in [0.15, 0.2) is 0 Å². The van der Waals surface area contributed by atoms with E-state index in [1.807, 2.05) is 376 Å². The van der Waals surface area contributed by atoms with Gasteiger partial charge >= 0.3 is 5.97 Å². The van der Waals surface area contributed by atoms with Crippen LogP contribution in [0.5, 0.6) is 80.5 Å². The van der Waals surface area contributed by atoms with Gasteiger partial charge in [0.1, 0.15) is 180 Å². The van der Waals surface area contributed by atoms with Gasteiger partial charge in [-0.25, -0.2) is 4.79 Å². The summed E-state index contributed by atoms with van der Waals surface area (Å²) in [6.45, 7) is 3.32. The lowest BCUT2D eigenvalue weighted by Gasteiger charge is -2.17. The molecule has 15 aromatic rings. The summed E-state index contributed by atoms with van der Waals surface area (Å²) >= 11 is 0. The number of esters is 1. The van der Waals surface area contributed by atoms with E-state index in [9.17, 15) is 4.79 Å². The fourth-order valence-corrected chi connectivity index (χ4v) is 15.0. The molecular formula is C113H98O16.